The van der Waals surface area contributed by atoms with E-state index in [0.717, 1.165) is 0 Å². The molecule has 0 unspecified atom stereocenters. The Kier molecular flexibility index (Phi) is 7.13. The van der Waals surface area contributed by atoms with Crippen LogP contribution < -0.4 is 21.1 Å². The number of hydrogen-bond acceptors (Lipinski definition) is 6. The predicted molar refractivity (Wildman–Crippen MR) is 96.0 cm³/mol. The first-order valence-corrected chi connectivity index (χ1v) is 8.42. The molecule has 1 aromatic heterocycles. The van der Waals surface area contributed by atoms with Gasteiger partial charge >= 0.3 is 6.09 Å². The molecule has 8 nitrogen and oxygen atoms in total. The van der Waals surface area contributed by atoms with E-state index < -0.39 is 11.9 Å². The van der Waals surface area contributed by atoms with E-state index in [4.69, 9.17) is 9.84 Å². The number of aromatic nitrogens is 1. The summed E-state index contributed by atoms with van der Waals surface area (Å²) in [6, 6.07) is 6.88. The quantitative estimate of drug-likeness (QED) is 0.461. The molecule has 0 spiro atoms. The summed E-state index contributed by atoms with van der Waals surface area (Å²) >= 11 is 3.17. The largest absolute Gasteiger partial charge is 0.436 e. The third-order valence-electron chi connectivity index (χ3n) is 3.20. The van der Waals surface area contributed by atoms with Gasteiger partial charge in [-0.25, -0.2) is 9.18 Å². The molecule has 0 fully saturated rings. The Morgan fingerprint density at radius 3 is 2.77 bits per heavy atom. The van der Waals surface area contributed by atoms with E-state index in [9.17, 15) is 14.0 Å². The van der Waals surface area contributed by atoms with Crippen molar-refractivity contribution in [2.75, 3.05) is 18.5 Å². The second-order valence-electron chi connectivity index (χ2n) is 4.94. The molecule has 1 aromatic carbocycles. The fraction of sp³-hybridized carbons (Fsp3) is 0.250. The number of amides is 1. The van der Waals surface area contributed by atoms with Crippen molar-refractivity contribution in [1.82, 2.24) is 10.0 Å². The molecule has 1 amide bonds. The highest BCUT2D eigenvalue weighted by molar-refractivity contribution is 9.10. The lowest BCUT2D eigenvalue weighted by molar-refractivity contribution is 0.0246. The molecule has 0 saturated carbocycles. The third-order valence-corrected chi connectivity index (χ3v) is 3.69. The van der Waals surface area contributed by atoms with Crippen LogP contribution in [0.4, 0.5) is 20.7 Å². The van der Waals surface area contributed by atoms with Gasteiger partial charge in [-0.1, -0.05) is 15.9 Å². The summed E-state index contributed by atoms with van der Waals surface area (Å²) in [6.07, 6.45) is -0.959. The summed E-state index contributed by atoms with van der Waals surface area (Å²) in [4.78, 5) is 28.5. The molecule has 140 valence electrons. The van der Waals surface area contributed by atoms with Crippen LogP contribution in [-0.4, -0.2) is 29.0 Å². The average Bonchev–Trinajstić information content (AvgIpc) is 2.60. The number of ether oxygens (including phenoxy) is 1. The predicted octanol–water partition coefficient (Wildman–Crippen LogP) is 2.53. The maximum absolute atomic E-state index is 14.1. The highest BCUT2D eigenvalue weighted by atomic mass is 79.9. The van der Waals surface area contributed by atoms with Gasteiger partial charge in [0, 0.05) is 17.1 Å². The summed E-state index contributed by atoms with van der Waals surface area (Å²) in [5, 5.41) is 11.4. The van der Waals surface area contributed by atoms with Gasteiger partial charge in [-0.05, 0) is 31.2 Å². The molecule has 0 aliphatic rings. The zero-order chi connectivity index (χ0) is 19.1. The number of aliphatic hydroxyl groups excluding tert-OH is 1. The maximum atomic E-state index is 14.1. The molecule has 0 saturated heterocycles. The zero-order valence-corrected chi connectivity index (χ0v) is 15.4. The molecule has 2 aromatic rings. The summed E-state index contributed by atoms with van der Waals surface area (Å²) < 4.78 is 21.1. The van der Waals surface area contributed by atoms with E-state index in [1.54, 1.807) is 13.0 Å². The van der Waals surface area contributed by atoms with Crippen LogP contribution in [0.15, 0.2) is 39.6 Å². The molecule has 0 aliphatic carbocycles. The van der Waals surface area contributed by atoms with Gasteiger partial charge in [-0.3, -0.25) is 14.2 Å². The Hall–Kier alpha value is -2.43. The Bertz CT molecular complexity index is 843. The molecular formula is C16H17BrFN3O5. The number of aliphatic hydroxyl groups is 1. The number of pyridine rings is 1. The minimum absolute atomic E-state index is 0.00105. The van der Waals surface area contributed by atoms with Gasteiger partial charge in [-0.2, -0.15) is 5.48 Å². The van der Waals surface area contributed by atoms with Crippen LogP contribution in [0.5, 0.6) is 5.75 Å². The lowest BCUT2D eigenvalue weighted by atomic mass is 10.3. The number of nitrogens with one attached hydrogen (secondary N) is 2. The van der Waals surface area contributed by atoms with Gasteiger partial charge in [0.2, 0.25) is 0 Å². The number of hydrogen-bond donors (Lipinski definition) is 3. The number of halogens is 2. The van der Waals surface area contributed by atoms with E-state index in [2.05, 4.69) is 26.1 Å². The van der Waals surface area contributed by atoms with Crippen LogP contribution >= 0.6 is 15.9 Å². The summed E-state index contributed by atoms with van der Waals surface area (Å²) in [6.45, 7) is 1.59. The zero-order valence-electron chi connectivity index (χ0n) is 13.8. The van der Waals surface area contributed by atoms with E-state index in [-0.39, 0.29) is 42.6 Å². The standard InChI is InChI=1S/C16H17BrFN3O5/c1-2-21-14(23)6-5-13(26-16(24)20-25-8-7-22)15(21)19-12-4-3-10(17)9-11(12)18/h3-6,9,19,22H,2,7-8H2,1H3,(H,20,24). The van der Waals surface area contributed by atoms with Crippen LogP contribution in [0.25, 0.3) is 0 Å². The number of rotatable bonds is 7. The van der Waals surface area contributed by atoms with E-state index in [1.165, 1.54) is 28.8 Å². The number of carbonyl (C=O) groups is 1. The van der Waals surface area contributed by atoms with Gasteiger partial charge in [-0.15, -0.1) is 0 Å². The number of hydroxylamine groups is 1. The molecule has 2 rings (SSSR count). The first-order chi connectivity index (χ1) is 12.5. The van der Waals surface area contributed by atoms with Crippen molar-refractivity contribution in [2.24, 2.45) is 0 Å². The van der Waals surface area contributed by atoms with Gasteiger partial charge in [0.15, 0.2) is 11.6 Å². The van der Waals surface area contributed by atoms with Crippen LogP contribution in [0.1, 0.15) is 6.92 Å². The molecule has 0 atom stereocenters. The molecule has 0 bridgehead atoms. The van der Waals surface area contributed by atoms with Crippen LogP contribution in [0.2, 0.25) is 0 Å². The second-order valence-corrected chi connectivity index (χ2v) is 5.86. The Morgan fingerprint density at radius 2 is 2.12 bits per heavy atom. The fourth-order valence-corrected chi connectivity index (χ4v) is 2.41. The van der Waals surface area contributed by atoms with Crippen LogP contribution in [-0.2, 0) is 11.4 Å². The molecule has 26 heavy (non-hydrogen) atoms. The minimum atomic E-state index is -0.959. The average molecular weight is 430 g/mol. The second kappa shape index (κ2) is 9.32. The van der Waals surface area contributed by atoms with E-state index >= 15 is 0 Å². The third kappa shape index (κ3) is 5.04. The normalized spacial score (nSPS) is 10.5. The summed E-state index contributed by atoms with van der Waals surface area (Å²) in [5.41, 5.74) is 1.73. The van der Waals surface area contributed by atoms with Crippen molar-refractivity contribution in [3.63, 3.8) is 0 Å². The summed E-state index contributed by atoms with van der Waals surface area (Å²) in [5.74, 6) is -0.447. The molecule has 10 heteroatoms. The van der Waals surface area contributed by atoms with E-state index in [0.29, 0.717) is 4.47 Å². The van der Waals surface area contributed by atoms with Gasteiger partial charge in [0.1, 0.15) is 5.82 Å². The Morgan fingerprint density at radius 1 is 1.35 bits per heavy atom. The maximum Gasteiger partial charge on any atom is 0.436 e. The topological polar surface area (TPSA) is 102 Å². The van der Waals surface area contributed by atoms with Gasteiger partial charge in [0.05, 0.1) is 18.9 Å². The molecule has 0 radical (unpaired) electrons. The minimum Gasteiger partial charge on any atom is -0.405 e. The Labute approximate surface area is 156 Å². The van der Waals surface area contributed by atoms with Gasteiger partial charge < -0.3 is 15.2 Å². The fourth-order valence-electron chi connectivity index (χ4n) is 2.08. The smallest absolute Gasteiger partial charge is 0.405 e. The van der Waals surface area contributed by atoms with Crippen molar-refractivity contribution in [2.45, 2.75) is 13.5 Å². The summed E-state index contributed by atoms with van der Waals surface area (Å²) in [7, 11) is 0. The van der Waals surface area contributed by atoms with Crippen molar-refractivity contribution < 1.29 is 23.9 Å². The highest BCUT2D eigenvalue weighted by Gasteiger charge is 2.16. The molecule has 1 heterocycles. The lowest BCUT2D eigenvalue weighted by Crippen LogP contribution is -2.29. The Balaban J connectivity index is 2.34. The van der Waals surface area contributed by atoms with Crippen LogP contribution in [0, 0.1) is 5.82 Å². The van der Waals surface area contributed by atoms with Crippen molar-refractivity contribution in [3.05, 3.63) is 51.0 Å². The van der Waals surface area contributed by atoms with E-state index in [1.807, 2.05) is 5.48 Å². The van der Waals surface area contributed by atoms with Crippen LogP contribution in [0.3, 0.4) is 0 Å². The SMILES string of the molecule is CCn1c(Nc2ccc(Br)cc2F)c(OC(=O)NOCCO)ccc1=O. The monoisotopic (exact) mass is 429 g/mol. The number of carbonyl (C=O) groups excluding carboxylic acids is 1. The highest BCUT2D eigenvalue weighted by Crippen LogP contribution is 2.29. The molecular weight excluding hydrogens is 413 g/mol. The lowest BCUT2D eigenvalue weighted by Gasteiger charge is -2.17. The molecule has 3 N–H and O–H groups in total. The number of nitrogens with zero attached hydrogens (tertiary/aromatic N) is 1. The van der Waals surface area contributed by atoms with Gasteiger partial charge in [0.25, 0.3) is 5.56 Å². The number of benzene rings is 1. The van der Waals surface area contributed by atoms with Crippen molar-refractivity contribution >= 4 is 33.5 Å². The van der Waals surface area contributed by atoms with Crippen molar-refractivity contribution in [1.29, 1.82) is 0 Å². The molecule has 0 aliphatic heterocycles. The number of anilines is 2. The first-order valence-electron chi connectivity index (χ1n) is 7.62. The first kappa shape index (κ1) is 19.9. The van der Waals surface area contributed by atoms with Crippen molar-refractivity contribution in [3.8, 4) is 5.75 Å².